The minimum absolute atomic E-state index is 0.146. The minimum Gasteiger partial charge on any atom is -0.392 e. The van der Waals surface area contributed by atoms with Crippen LogP contribution in [0.1, 0.15) is 24.0 Å². The Balaban J connectivity index is 0.000000425. The van der Waals surface area contributed by atoms with E-state index in [1.165, 1.54) is 19.0 Å². The highest BCUT2D eigenvalue weighted by Gasteiger charge is 2.20. The number of aliphatic hydroxyl groups is 1. The number of carbonyl (C=O) groups excluding carboxylic acids is 3. The second-order valence-electron chi connectivity index (χ2n) is 4.73. The molecular weight excluding hydrogens is 284 g/mol. The molecule has 0 aliphatic carbocycles. The van der Waals surface area contributed by atoms with E-state index in [1.54, 1.807) is 0 Å². The van der Waals surface area contributed by atoms with Gasteiger partial charge in [-0.25, -0.2) is 0 Å². The second kappa shape index (κ2) is 11.4. The maximum atomic E-state index is 11.2. The van der Waals surface area contributed by atoms with Crippen molar-refractivity contribution in [1.82, 2.24) is 10.2 Å². The number of nitrogens with one attached hydrogen (secondary N) is 1. The molecule has 0 spiro atoms. The first kappa shape index (κ1) is 19.8. The van der Waals surface area contributed by atoms with Crippen molar-refractivity contribution in [3.63, 3.8) is 0 Å². The van der Waals surface area contributed by atoms with Crippen molar-refractivity contribution in [2.24, 2.45) is 0 Å². The number of likely N-dealkylation sites (N-methyl/N-ethyl adjacent to an activating group) is 2. The number of amides is 2. The van der Waals surface area contributed by atoms with Gasteiger partial charge in [0, 0.05) is 20.5 Å². The summed E-state index contributed by atoms with van der Waals surface area (Å²) in [4.78, 5) is 32.9. The van der Waals surface area contributed by atoms with Gasteiger partial charge in [-0.05, 0) is 24.5 Å². The van der Waals surface area contributed by atoms with Crippen LogP contribution in [-0.2, 0) is 21.0 Å². The quantitative estimate of drug-likeness (QED) is 0.724. The molecule has 1 rings (SSSR count). The van der Waals surface area contributed by atoms with Gasteiger partial charge in [-0.15, -0.1) is 0 Å². The Morgan fingerprint density at radius 1 is 1.36 bits per heavy atom. The zero-order valence-electron chi connectivity index (χ0n) is 13.3. The summed E-state index contributed by atoms with van der Waals surface area (Å²) in [5.74, 6) is -0.253. The molecule has 1 aromatic rings. The maximum absolute atomic E-state index is 11.2. The summed E-state index contributed by atoms with van der Waals surface area (Å²) < 4.78 is 0. The molecule has 0 heterocycles. The highest BCUT2D eigenvalue weighted by molar-refractivity contribution is 5.83. The molecule has 1 atom stereocenters. The number of carbonyl (C=O) groups is 3. The largest absolute Gasteiger partial charge is 0.392 e. The lowest BCUT2D eigenvalue weighted by Gasteiger charge is -2.21. The van der Waals surface area contributed by atoms with Gasteiger partial charge >= 0.3 is 0 Å². The molecule has 6 heteroatoms. The highest BCUT2D eigenvalue weighted by Crippen LogP contribution is 2.05. The summed E-state index contributed by atoms with van der Waals surface area (Å²) in [6.07, 6.45) is 1.94. The van der Waals surface area contributed by atoms with Crippen LogP contribution >= 0.6 is 0 Å². The molecule has 2 N–H and O–H groups in total. The molecule has 0 aliphatic rings. The number of benzene rings is 1. The Labute approximate surface area is 131 Å². The molecule has 0 saturated heterocycles. The van der Waals surface area contributed by atoms with E-state index < -0.39 is 6.04 Å². The summed E-state index contributed by atoms with van der Waals surface area (Å²) in [6.45, 7) is 2.14. The van der Waals surface area contributed by atoms with E-state index in [4.69, 9.17) is 5.11 Å². The van der Waals surface area contributed by atoms with E-state index in [-0.39, 0.29) is 18.9 Å². The molecule has 0 bridgehead atoms. The Morgan fingerprint density at radius 2 is 2.00 bits per heavy atom. The standard InChI is InChI=1S/C8H14N2O3.C8H10O/c1-9-8(13)7(4-3-5-11)10(2)6-12;1-7-4-2-3-5-8(7)6-9/h5-7H,3-4H2,1-2H3,(H,9,13);2-5,9H,6H2,1H3. The molecule has 1 aromatic carbocycles. The van der Waals surface area contributed by atoms with E-state index in [0.717, 1.165) is 17.4 Å². The first-order chi connectivity index (χ1) is 10.5. The second-order valence-corrected chi connectivity index (χ2v) is 4.73. The van der Waals surface area contributed by atoms with Crippen LogP contribution in [0.3, 0.4) is 0 Å². The first-order valence-corrected chi connectivity index (χ1v) is 6.99. The molecule has 6 nitrogen and oxygen atoms in total. The van der Waals surface area contributed by atoms with E-state index in [0.29, 0.717) is 12.8 Å². The maximum Gasteiger partial charge on any atom is 0.242 e. The summed E-state index contributed by atoms with van der Waals surface area (Å²) in [6, 6.07) is 7.26. The van der Waals surface area contributed by atoms with Crippen molar-refractivity contribution in [2.75, 3.05) is 14.1 Å². The monoisotopic (exact) mass is 308 g/mol. The van der Waals surface area contributed by atoms with Gasteiger partial charge in [-0.1, -0.05) is 24.3 Å². The topological polar surface area (TPSA) is 86.7 Å². The number of aliphatic hydroxyl groups excluding tert-OH is 1. The molecule has 0 saturated carbocycles. The minimum atomic E-state index is -0.548. The predicted octanol–water partition coefficient (Wildman–Crippen LogP) is 0.656. The number of hydrogen-bond acceptors (Lipinski definition) is 4. The van der Waals surface area contributed by atoms with Gasteiger partial charge in [0.25, 0.3) is 0 Å². The smallest absolute Gasteiger partial charge is 0.242 e. The van der Waals surface area contributed by atoms with Crippen molar-refractivity contribution in [1.29, 1.82) is 0 Å². The number of rotatable bonds is 7. The van der Waals surface area contributed by atoms with E-state index >= 15 is 0 Å². The van der Waals surface area contributed by atoms with Gasteiger partial charge in [0.15, 0.2) is 0 Å². The summed E-state index contributed by atoms with van der Waals surface area (Å²) in [5, 5.41) is 11.2. The lowest BCUT2D eigenvalue weighted by molar-refractivity contribution is -0.131. The lowest BCUT2D eigenvalue weighted by atomic mass is 10.1. The zero-order chi connectivity index (χ0) is 17.0. The Hall–Kier alpha value is -2.21. The molecule has 2 amide bonds. The molecule has 0 aromatic heterocycles. The fourth-order valence-electron chi connectivity index (χ4n) is 1.77. The van der Waals surface area contributed by atoms with E-state index in [2.05, 4.69) is 5.32 Å². The van der Waals surface area contributed by atoms with Crippen molar-refractivity contribution in [2.45, 2.75) is 32.4 Å². The fraction of sp³-hybridized carbons (Fsp3) is 0.438. The predicted molar refractivity (Wildman–Crippen MR) is 84.1 cm³/mol. The third kappa shape index (κ3) is 6.99. The van der Waals surface area contributed by atoms with Crippen LogP contribution in [0.4, 0.5) is 0 Å². The Morgan fingerprint density at radius 3 is 2.41 bits per heavy atom. The van der Waals surface area contributed by atoms with Crippen LogP contribution in [0.2, 0.25) is 0 Å². The number of hydrogen-bond donors (Lipinski definition) is 2. The third-order valence-electron chi connectivity index (χ3n) is 3.20. The molecule has 122 valence electrons. The van der Waals surface area contributed by atoms with Gasteiger partial charge in [0.2, 0.25) is 12.3 Å². The van der Waals surface area contributed by atoms with Gasteiger partial charge in [-0.2, -0.15) is 0 Å². The summed E-state index contributed by atoms with van der Waals surface area (Å²) >= 11 is 0. The third-order valence-corrected chi connectivity index (χ3v) is 3.20. The molecular formula is C16H24N2O4. The normalized spacial score (nSPS) is 10.7. The van der Waals surface area contributed by atoms with E-state index in [1.807, 2.05) is 31.2 Å². The molecule has 22 heavy (non-hydrogen) atoms. The number of nitrogens with zero attached hydrogens (tertiary/aromatic N) is 1. The number of aryl methyl sites for hydroxylation is 1. The lowest BCUT2D eigenvalue weighted by Crippen LogP contribution is -2.43. The fourth-order valence-corrected chi connectivity index (χ4v) is 1.77. The van der Waals surface area contributed by atoms with Crippen LogP contribution in [0.15, 0.2) is 24.3 Å². The Kier molecular flexibility index (Phi) is 10.3. The summed E-state index contributed by atoms with van der Waals surface area (Å²) in [5.41, 5.74) is 2.16. The average molecular weight is 308 g/mol. The van der Waals surface area contributed by atoms with Crippen molar-refractivity contribution in [3.8, 4) is 0 Å². The van der Waals surface area contributed by atoms with Crippen molar-refractivity contribution >= 4 is 18.6 Å². The van der Waals surface area contributed by atoms with Gasteiger partial charge in [0.1, 0.15) is 12.3 Å². The molecule has 0 aliphatic heterocycles. The van der Waals surface area contributed by atoms with Crippen LogP contribution in [0, 0.1) is 6.92 Å². The van der Waals surface area contributed by atoms with E-state index in [9.17, 15) is 14.4 Å². The molecule has 0 radical (unpaired) electrons. The molecule has 0 fully saturated rings. The van der Waals surface area contributed by atoms with Gasteiger partial charge in [0.05, 0.1) is 6.61 Å². The van der Waals surface area contributed by atoms with Crippen LogP contribution in [0.5, 0.6) is 0 Å². The average Bonchev–Trinajstić information content (AvgIpc) is 2.55. The SMILES string of the molecule is CNC(=O)C(CCC=O)N(C)C=O.Cc1ccccc1CO. The summed E-state index contributed by atoms with van der Waals surface area (Å²) in [7, 11) is 3.01. The zero-order valence-corrected chi connectivity index (χ0v) is 13.3. The Bertz CT molecular complexity index is 477. The van der Waals surface area contributed by atoms with Crippen molar-refractivity contribution < 1.29 is 19.5 Å². The van der Waals surface area contributed by atoms with Crippen molar-refractivity contribution in [3.05, 3.63) is 35.4 Å². The highest BCUT2D eigenvalue weighted by atomic mass is 16.3. The van der Waals surface area contributed by atoms with Crippen LogP contribution < -0.4 is 5.32 Å². The van der Waals surface area contributed by atoms with Gasteiger partial charge in [-0.3, -0.25) is 9.59 Å². The number of aldehydes is 1. The first-order valence-electron chi connectivity index (χ1n) is 6.99. The van der Waals surface area contributed by atoms with Crippen LogP contribution in [-0.4, -0.2) is 48.7 Å². The van der Waals surface area contributed by atoms with Crippen LogP contribution in [0.25, 0.3) is 0 Å². The molecule has 1 unspecified atom stereocenters. The van der Waals surface area contributed by atoms with Gasteiger partial charge < -0.3 is 20.1 Å².